The maximum Gasteiger partial charge on any atom is 0.328 e. The fourth-order valence-corrected chi connectivity index (χ4v) is 5.09. The second kappa shape index (κ2) is 11.2. The van der Waals surface area contributed by atoms with Crippen LogP contribution in [-0.2, 0) is 20.7 Å². The molecule has 9 nitrogen and oxygen atoms in total. The van der Waals surface area contributed by atoms with Crippen LogP contribution >= 0.6 is 0 Å². The predicted molar refractivity (Wildman–Crippen MR) is 118 cm³/mol. The van der Waals surface area contributed by atoms with Gasteiger partial charge in [-0.05, 0) is 36.0 Å². The highest BCUT2D eigenvalue weighted by Crippen LogP contribution is 2.47. The first-order chi connectivity index (χ1) is 15.3. The topological polar surface area (TPSA) is 108 Å². The van der Waals surface area contributed by atoms with E-state index in [1.165, 1.54) is 14.2 Å². The summed E-state index contributed by atoms with van der Waals surface area (Å²) in [7, 11) is 4.37. The number of likely N-dealkylation sites (tertiary alicyclic amines) is 1. The molecule has 2 fully saturated rings. The Kier molecular flexibility index (Phi) is 8.86. The highest BCUT2D eigenvalue weighted by atomic mass is 16.6. The molecule has 32 heavy (non-hydrogen) atoms. The Labute approximate surface area is 189 Å². The number of carbonyl (C=O) groups is 2. The third-order valence-corrected chi connectivity index (χ3v) is 6.49. The fourth-order valence-electron chi connectivity index (χ4n) is 5.09. The van der Waals surface area contributed by atoms with Gasteiger partial charge in [0.05, 0.1) is 21.3 Å². The second-order valence-electron chi connectivity index (χ2n) is 8.06. The Morgan fingerprint density at radius 1 is 1.22 bits per heavy atom. The Morgan fingerprint density at radius 2 is 1.88 bits per heavy atom. The van der Waals surface area contributed by atoms with Crippen LogP contribution in [0.3, 0.4) is 0 Å². The molecule has 1 aliphatic carbocycles. The first-order valence-electron chi connectivity index (χ1n) is 11.0. The molecule has 1 heterocycles. The summed E-state index contributed by atoms with van der Waals surface area (Å²) in [5.74, 6) is 0.282. The SMILES string of the molecule is CC.COC(=O)C(Cc1ccc(OC)c(OC)c1)N1C(=O)C[C@@H]2C1C[C@H](C)[C@H]2C[N+](=O)[O-]. The van der Waals surface area contributed by atoms with Crippen molar-refractivity contribution in [2.45, 2.75) is 52.1 Å². The van der Waals surface area contributed by atoms with Crippen LogP contribution < -0.4 is 9.47 Å². The molecule has 0 spiro atoms. The van der Waals surface area contributed by atoms with E-state index in [1.54, 1.807) is 24.1 Å². The second-order valence-corrected chi connectivity index (χ2v) is 8.06. The molecule has 1 saturated heterocycles. The lowest BCUT2D eigenvalue weighted by Gasteiger charge is -2.31. The molecule has 1 aromatic carbocycles. The molecular weight excluding hydrogens is 416 g/mol. The van der Waals surface area contributed by atoms with E-state index < -0.39 is 12.0 Å². The van der Waals surface area contributed by atoms with Gasteiger partial charge in [-0.25, -0.2) is 4.79 Å². The Bertz CT molecular complexity index is 829. The highest BCUT2D eigenvalue weighted by Gasteiger charge is 2.55. The monoisotopic (exact) mass is 450 g/mol. The van der Waals surface area contributed by atoms with Gasteiger partial charge in [0.2, 0.25) is 12.5 Å². The first-order valence-corrected chi connectivity index (χ1v) is 11.0. The third-order valence-electron chi connectivity index (χ3n) is 6.49. The third kappa shape index (κ3) is 5.14. The highest BCUT2D eigenvalue weighted by molar-refractivity contribution is 5.87. The van der Waals surface area contributed by atoms with Crippen LogP contribution in [0, 0.1) is 27.9 Å². The number of esters is 1. The first kappa shape index (κ1) is 25.4. The van der Waals surface area contributed by atoms with E-state index >= 15 is 0 Å². The lowest BCUT2D eigenvalue weighted by Crippen LogP contribution is -2.48. The Morgan fingerprint density at radius 3 is 2.44 bits per heavy atom. The van der Waals surface area contributed by atoms with Gasteiger partial charge in [-0.2, -0.15) is 0 Å². The summed E-state index contributed by atoms with van der Waals surface area (Å²) in [6.07, 6.45) is 1.14. The van der Waals surface area contributed by atoms with Crippen LogP contribution in [0.15, 0.2) is 18.2 Å². The average Bonchev–Trinajstić information content (AvgIpc) is 3.25. The average molecular weight is 451 g/mol. The molecule has 3 rings (SSSR count). The van der Waals surface area contributed by atoms with E-state index in [-0.39, 0.29) is 54.0 Å². The normalized spacial score (nSPS) is 24.8. The van der Waals surface area contributed by atoms with Crippen molar-refractivity contribution in [3.8, 4) is 11.5 Å². The molecule has 5 atom stereocenters. The zero-order valence-corrected chi connectivity index (χ0v) is 19.7. The van der Waals surface area contributed by atoms with Gasteiger partial charge < -0.3 is 19.1 Å². The van der Waals surface area contributed by atoms with Crippen LogP contribution in [0.5, 0.6) is 11.5 Å². The van der Waals surface area contributed by atoms with Gasteiger partial charge in [0.25, 0.3) is 0 Å². The molecule has 1 amide bonds. The van der Waals surface area contributed by atoms with Crippen LogP contribution in [0.25, 0.3) is 0 Å². The van der Waals surface area contributed by atoms with E-state index in [9.17, 15) is 19.7 Å². The summed E-state index contributed by atoms with van der Waals surface area (Å²) in [4.78, 5) is 38.0. The van der Waals surface area contributed by atoms with Crippen molar-refractivity contribution in [2.24, 2.45) is 17.8 Å². The van der Waals surface area contributed by atoms with Gasteiger partial charge in [-0.15, -0.1) is 0 Å². The lowest BCUT2D eigenvalue weighted by molar-refractivity contribution is -0.490. The maximum absolute atomic E-state index is 12.9. The van der Waals surface area contributed by atoms with Crippen molar-refractivity contribution in [1.29, 1.82) is 0 Å². The minimum Gasteiger partial charge on any atom is -0.493 e. The van der Waals surface area contributed by atoms with E-state index in [4.69, 9.17) is 14.2 Å². The molecule has 0 aromatic heterocycles. The Hall–Kier alpha value is -2.84. The molecule has 0 N–H and O–H groups in total. The number of rotatable bonds is 8. The molecule has 9 heteroatoms. The van der Waals surface area contributed by atoms with Gasteiger partial charge in [-0.3, -0.25) is 14.9 Å². The van der Waals surface area contributed by atoms with Crippen molar-refractivity contribution in [1.82, 2.24) is 4.90 Å². The molecular formula is C23H34N2O7. The van der Waals surface area contributed by atoms with E-state index in [0.29, 0.717) is 17.9 Å². The number of nitrogens with zero attached hydrogens (tertiary/aromatic N) is 2. The molecule has 0 radical (unpaired) electrons. The number of methoxy groups -OCH3 is 3. The number of carbonyl (C=O) groups excluding carboxylic acids is 2. The molecule has 1 aliphatic heterocycles. The van der Waals surface area contributed by atoms with Crippen LogP contribution in [-0.4, -0.2) is 61.7 Å². The number of hydrogen-bond acceptors (Lipinski definition) is 7. The van der Waals surface area contributed by atoms with Gasteiger partial charge in [-0.1, -0.05) is 26.8 Å². The van der Waals surface area contributed by atoms with Gasteiger partial charge >= 0.3 is 5.97 Å². The van der Waals surface area contributed by atoms with Crippen molar-refractivity contribution >= 4 is 11.9 Å². The summed E-state index contributed by atoms with van der Waals surface area (Å²) in [5.41, 5.74) is 0.798. The number of nitro groups is 1. The summed E-state index contributed by atoms with van der Waals surface area (Å²) in [6, 6.07) is 4.36. The van der Waals surface area contributed by atoms with Gasteiger partial charge in [0.15, 0.2) is 11.5 Å². The standard InChI is InChI=1S/C21H28N2O7.C2H6/c1-12-7-16-14(15(12)11-22(26)27)10-20(24)23(16)17(21(25)30-4)8-13-5-6-18(28-2)19(9-13)29-3;1-2/h5-6,9,12,14-17H,7-8,10-11H2,1-4H3;1-2H3/t12-,14-,15+,16?,17?;/m0./s1. The maximum atomic E-state index is 12.9. The minimum atomic E-state index is -0.794. The molecule has 0 bridgehead atoms. The number of amides is 1. The fraction of sp³-hybridized carbons (Fsp3) is 0.652. The zero-order valence-electron chi connectivity index (χ0n) is 19.7. The van der Waals surface area contributed by atoms with Crippen molar-refractivity contribution in [3.05, 3.63) is 33.9 Å². The lowest BCUT2D eigenvalue weighted by atomic mass is 9.89. The molecule has 2 aliphatic rings. The van der Waals surface area contributed by atoms with Crippen molar-refractivity contribution in [2.75, 3.05) is 27.9 Å². The van der Waals surface area contributed by atoms with Gasteiger partial charge in [0, 0.05) is 29.7 Å². The summed E-state index contributed by atoms with van der Waals surface area (Å²) in [6.45, 7) is 5.83. The Balaban J connectivity index is 0.00000176. The molecule has 178 valence electrons. The predicted octanol–water partition coefficient (Wildman–Crippen LogP) is 2.96. The zero-order chi connectivity index (χ0) is 24.0. The van der Waals surface area contributed by atoms with Crippen LogP contribution in [0.1, 0.15) is 39.2 Å². The van der Waals surface area contributed by atoms with Crippen molar-refractivity contribution in [3.63, 3.8) is 0 Å². The molecule has 2 unspecified atom stereocenters. The van der Waals surface area contributed by atoms with Crippen LogP contribution in [0.4, 0.5) is 0 Å². The minimum absolute atomic E-state index is 0.111. The number of fused-ring (bicyclic) bond motifs is 1. The van der Waals surface area contributed by atoms with E-state index in [1.807, 2.05) is 26.8 Å². The van der Waals surface area contributed by atoms with Crippen LogP contribution in [0.2, 0.25) is 0 Å². The number of hydrogen-bond donors (Lipinski definition) is 0. The summed E-state index contributed by atoms with van der Waals surface area (Å²) < 4.78 is 15.6. The summed E-state index contributed by atoms with van der Waals surface area (Å²) >= 11 is 0. The van der Waals surface area contributed by atoms with Crippen molar-refractivity contribution < 1.29 is 28.7 Å². The largest absolute Gasteiger partial charge is 0.493 e. The smallest absolute Gasteiger partial charge is 0.328 e. The number of ether oxygens (including phenoxy) is 3. The van der Waals surface area contributed by atoms with E-state index in [0.717, 1.165) is 5.56 Å². The molecule has 1 aromatic rings. The number of benzene rings is 1. The van der Waals surface area contributed by atoms with E-state index in [2.05, 4.69) is 0 Å². The quantitative estimate of drug-likeness (QED) is 0.340. The molecule has 1 saturated carbocycles. The summed E-state index contributed by atoms with van der Waals surface area (Å²) in [5, 5.41) is 11.1. The van der Waals surface area contributed by atoms with Gasteiger partial charge in [0.1, 0.15) is 6.04 Å².